The van der Waals surface area contributed by atoms with Crippen LogP contribution in [0.25, 0.3) is 10.9 Å². The Labute approximate surface area is 225 Å². The Balaban J connectivity index is 1.42. The first-order valence-electron chi connectivity index (χ1n) is 13.5. The molecule has 38 heavy (non-hydrogen) atoms. The van der Waals surface area contributed by atoms with Gasteiger partial charge in [-0.05, 0) is 80.8 Å². The molecule has 2 aromatic heterocycles. The van der Waals surface area contributed by atoms with E-state index in [0.717, 1.165) is 53.8 Å². The topological polar surface area (TPSA) is 89.8 Å². The van der Waals surface area contributed by atoms with Crippen LogP contribution in [0.15, 0.2) is 49.2 Å². The summed E-state index contributed by atoms with van der Waals surface area (Å²) in [6.45, 7) is 13.7. The summed E-state index contributed by atoms with van der Waals surface area (Å²) in [4.78, 5) is 15.8. The Bertz CT molecular complexity index is 1200. The molecule has 0 aliphatic carbocycles. The highest BCUT2D eigenvalue weighted by Crippen LogP contribution is 2.37. The number of hydrogen-bond acceptors (Lipinski definition) is 8. The second-order valence-corrected chi connectivity index (χ2v) is 9.97. The van der Waals surface area contributed by atoms with Gasteiger partial charge in [0, 0.05) is 30.7 Å². The smallest absolute Gasteiger partial charge is 0.319 e. The van der Waals surface area contributed by atoms with E-state index in [1.165, 1.54) is 0 Å². The summed E-state index contributed by atoms with van der Waals surface area (Å²) in [7, 11) is 1.65. The van der Waals surface area contributed by atoms with E-state index in [9.17, 15) is 5.11 Å². The highest BCUT2D eigenvalue weighted by molar-refractivity contribution is 5.83. The van der Waals surface area contributed by atoms with Crippen molar-refractivity contribution >= 4 is 10.9 Å². The molecular formula is C30H40N4O4. The summed E-state index contributed by atoms with van der Waals surface area (Å²) in [5, 5.41) is 12.3. The van der Waals surface area contributed by atoms with Crippen molar-refractivity contribution in [2.24, 2.45) is 17.8 Å². The summed E-state index contributed by atoms with van der Waals surface area (Å²) in [5.41, 5.74) is 2.64. The van der Waals surface area contributed by atoms with Crippen LogP contribution in [0.5, 0.6) is 17.6 Å². The number of aliphatic hydroxyl groups excluding tert-OH is 1. The molecule has 0 amide bonds. The second-order valence-electron chi connectivity index (χ2n) is 9.97. The molecule has 3 aromatic rings. The van der Waals surface area contributed by atoms with Gasteiger partial charge >= 0.3 is 6.01 Å². The molecule has 1 N–H and O–H groups in total. The van der Waals surface area contributed by atoms with E-state index >= 15 is 0 Å². The van der Waals surface area contributed by atoms with Gasteiger partial charge in [-0.25, -0.2) is 0 Å². The van der Waals surface area contributed by atoms with Crippen LogP contribution < -0.4 is 14.2 Å². The monoisotopic (exact) mass is 520 g/mol. The van der Waals surface area contributed by atoms with E-state index < -0.39 is 6.10 Å². The fraction of sp³-hybridized carbons (Fsp3) is 0.500. The average molecular weight is 521 g/mol. The fourth-order valence-corrected chi connectivity index (χ4v) is 5.42. The maximum atomic E-state index is 11.4. The maximum Gasteiger partial charge on any atom is 0.319 e. The number of ether oxygens (including phenoxy) is 3. The van der Waals surface area contributed by atoms with E-state index in [2.05, 4.69) is 39.4 Å². The minimum Gasteiger partial charge on any atom is -0.497 e. The Kier molecular flexibility index (Phi) is 9.53. The number of rotatable bonds is 12. The van der Waals surface area contributed by atoms with Crippen LogP contribution in [0.1, 0.15) is 51.0 Å². The third-order valence-corrected chi connectivity index (χ3v) is 7.39. The number of likely N-dealkylation sites (tertiary alicyclic amines) is 1. The van der Waals surface area contributed by atoms with Crippen molar-refractivity contribution in [2.45, 2.75) is 46.3 Å². The maximum absolute atomic E-state index is 11.4. The van der Waals surface area contributed by atoms with Crippen molar-refractivity contribution in [1.82, 2.24) is 19.9 Å². The Hall–Kier alpha value is -3.23. The number of methoxy groups -OCH3 is 1. The van der Waals surface area contributed by atoms with E-state index in [0.29, 0.717) is 43.5 Å². The third-order valence-electron chi connectivity index (χ3n) is 7.39. The van der Waals surface area contributed by atoms with Gasteiger partial charge in [-0.1, -0.05) is 13.0 Å². The summed E-state index contributed by atoms with van der Waals surface area (Å²) in [6, 6.07) is 9.96. The van der Waals surface area contributed by atoms with Gasteiger partial charge in [0.25, 0.3) is 0 Å². The number of nitrogens with zero attached hydrogens (tertiary/aromatic N) is 4. The minimum atomic E-state index is -0.592. The van der Waals surface area contributed by atoms with E-state index in [-0.39, 0.29) is 5.92 Å². The van der Waals surface area contributed by atoms with E-state index in [1.807, 2.05) is 44.2 Å². The molecule has 1 saturated heterocycles. The first kappa shape index (κ1) is 27.8. The zero-order valence-electron chi connectivity index (χ0n) is 23.0. The van der Waals surface area contributed by atoms with Gasteiger partial charge in [-0.15, -0.1) is 6.58 Å². The van der Waals surface area contributed by atoms with Crippen molar-refractivity contribution in [3.63, 3.8) is 0 Å². The molecule has 1 aliphatic heterocycles. The number of aliphatic hydroxyl groups is 1. The lowest BCUT2D eigenvalue weighted by Gasteiger charge is -2.39. The first-order valence-corrected chi connectivity index (χ1v) is 13.5. The number of benzene rings is 1. The van der Waals surface area contributed by atoms with Crippen LogP contribution in [0.3, 0.4) is 0 Å². The lowest BCUT2D eigenvalue weighted by atomic mass is 9.77. The molecule has 3 heterocycles. The predicted molar refractivity (Wildman–Crippen MR) is 148 cm³/mol. The molecule has 4 rings (SSSR count). The van der Waals surface area contributed by atoms with Gasteiger partial charge < -0.3 is 19.3 Å². The summed E-state index contributed by atoms with van der Waals surface area (Å²) < 4.78 is 16.6. The lowest BCUT2D eigenvalue weighted by Crippen LogP contribution is -2.40. The molecular weight excluding hydrogens is 480 g/mol. The predicted octanol–water partition coefficient (Wildman–Crippen LogP) is 5.21. The van der Waals surface area contributed by atoms with E-state index in [4.69, 9.17) is 14.2 Å². The molecule has 4 atom stereocenters. The molecule has 0 spiro atoms. The largest absolute Gasteiger partial charge is 0.497 e. The molecule has 1 aliphatic rings. The number of pyridine rings is 1. The molecule has 8 nitrogen and oxygen atoms in total. The van der Waals surface area contributed by atoms with Gasteiger partial charge in [0.05, 0.1) is 37.6 Å². The van der Waals surface area contributed by atoms with Gasteiger partial charge in [0.1, 0.15) is 5.75 Å². The zero-order chi connectivity index (χ0) is 27.1. The molecule has 1 fully saturated rings. The summed E-state index contributed by atoms with van der Waals surface area (Å²) in [5.74, 6) is 2.15. The van der Waals surface area contributed by atoms with Crippen LogP contribution in [-0.2, 0) is 6.54 Å². The number of fused-ring (bicyclic) bond motifs is 1. The van der Waals surface area contributed by atoms with E-state index in [1.54, 1.807) is 13.3 Å². The molecule has 0 saturated carbocycles. The van der Waals surface area contributed by atoms with Crippen molar-refractivity contribution in [3.8, 4) is 17.6 Å². The van der Waals surface area contributed by atoms with Crippen LogP contribution in [-0.4, -0.2) is 58.4 Å². The number of piperidine rings is 1. The van der Waals surface area contributed by atoms with Crippen molar-refractivity contribution in [2.75, 3.05) is 33.4 Å². The molecule has 8 heteroatoms. The van der Waals surface area contributed by atoms with Crippen LogP contribution in [0, 0.1) is 17.8 Å². The summed E-state index contributed by atoms with van der Waals surface area (Å²) >= 11 is 0. The Morgan fingerprint density at radius 3 is 2.71 bits per heavy atom. The van der Waals surface area contributed by atoms with Crippen LogP contribution in [0.2, 0.25) is 0 Å². The van der Waals surface area contributed by atoms with Gasteiger partial charge in [0.15, 0.2) is 0 Å². The molecule has 0 radical (unpaired) electrons. The number of aromatic nitrogens is 3. The van der Waals surface area contributed by atoms with Gasteiger partial charge in [0.2, 0.25) is 5.88 Å². The lowest BCUT2D eigenvalue weighted by molar-refractivity contribution is 0.0717. The molecule has 2 unspecified atom stereocenters. The molecule has 1 aromatic carbocycles. The minimum absolute atomic E-state index is 0.0789. The fourth-order valence-electron chi connectivity index (χ4n) is 5.42. The molecule has 204 valence electrons. The van der Waals surface area contributed by atoms with Gasteiger partial charge in [-0.2, -0.15) is 9.97 Å². The standard InChI is InChI=1S/C30H40N4O4/c1-6-21-18-34(19-23-16-28(37-7-2)33-30(32-23)38-8-3)14-12-22(21)15-20(4)29(35)25-11-13-31-27-10-9-24(36-5)17-26(25)27/h6,9-11,13,16-17,20-22,29,35H,1,7-8,12,14-15,18-19H2,2-5H3/t20-,21?,22?,29-/m0/s1. The normalized spacial score (nSPS) is 19.6. The van der Waals surface area contributed by atoms with Crippen molar-refractivity contribution in [1.29, 1.82) is 0 Å². The average Bonchev–Trinajstić information content (AvgIpc) is 2.93. The second kappa shape index (κ2) is 13.0. The highest BCUT2D eigenvalue weighted by atomic mass is 16.5. The van der Waals surface area contributed by atoms with Crippen molar-refractivity contribution in [3.05, 3.63) is 60.4 Å². The highest BCUT2D eigenvalue weighted by Gasteiger charge is 2.31. The van der Waals surface area contributed by atoms with Crippen LogP contribution in [0.4, 0.5) is 0 Å². The van der Waals surface area contributed by atoms with Gasteiger partial charge in [-0.3, -0.25) is 9.88 Å². The van der Waals surface area contributed by atoms with Crippen molar-refractivity contribution < 1.29 is 19.3 Å². The quantitative estimate of drug-likeness (QED) is 0.325. The Morgan fingerprint density at radius 2 is 1.97 bits per heavy atom. The SMILES string of the molecule is C=CC1CN(Cc2cc(OCC)nc(OCC)n2)CCC1C[C@H](C)[C@H](O)c1ccnc2ccc(OC)cc12. The summed E-state index contributed by atoms with van der Waals surface area (Å²) in [6.07, 6.45) is 5.19. The molecule has 0 bridgehead atoms. The number of hydrogen-bond donors (Lipinski definition) is 1. The first-order chi connectivity index (χ1) is 18.4. The Morgan fingerprint density at radius 1 is 1.16 bits per heavy atom. The zero-order valence-corrected chi connectivity index (χ0v) is 23.0. The third kappa shape index (κ3) is 6.60. The van der Waals surface area contributed by atoms with Crippen LogP contribution >= 0.6 is 0 Å².